The van der Waals surface area contributed by atoms with Crippen LogP contribution in [0.25, 0.3) is 0 Å². The lowest BCUT2D eigenvalue weighted by Gasteiger charge is -2.10. The molecular weight excluding hydrogens is 265 g/mol. The molecule has 82 valence electrons. The minimum Gasteiger partial charge on any atom is -0.494 e. The third-order valence-electron chi connectivity index (χ3n) is 1.67. The van der Waals surface area contributed by atoms with Gasteiger partial charge in [0.25, 0.3) is 3.79 Å². The fraction of sp³-hybridized carbons (Fsp3) is 0.222. The number of hydrogen-bond acceptors (Lipinski definition) is 2. The van der Waals surface area contributed by atoms with E-state index in [1.54, 1.807) is 0 Å². The van der Waals surface area contributed by atoms with Gasteiger partial charge in [-0.1, -0.05) is 34.8 Å². The molecule has 0 radical (unpaired) electrons. The van der Waals surface area contributed by atoms with E-state index in [2.05, 4.69) is 4.74 Å². The Morgan fingerprint density at radius 1 is 1.40 bits per heavy atom. The zero-order chi connectivity index (χ0) is 11.6. The first-order valence-corrected chi connectivity index (χ1v) is 4.94. The molecular formula is C9H6Cl3FO2. The van der Waals surface area contributed by atoms with Gasteiger partial charge in [0.2, 0.25) is 5.78 Å². The minimum absolute atomic E-state index is 0.0201. The van der Waals surface area contributed by atoms with E-state index in [0.29, 0.717) is 0 Å². The molecule has 0 aliphatic heterocycles. The SMILES string of the molecule is COc1ccc(C(=O)C(Cl)(Cl)Cl)cc1F. The molecule has 1 rings (SSSR count). The van der Waals surface area contributed by atoms with Crippen molar-refractivity contribution in [1.29, 1.82) is 0 Å². The van der Waals surface area contributed by atoms with E-state index in [9.17, 15) is 9.18 Å². The number of halogens is 4. The number of hydrogen-bond donors (Lipinski definition) is 0. The average molecular weight is 272 g/mol. The Morgan fingerprint density at radius 2 is 2.00 bits per heavy atom. The predicted molar refractivity (Wildman–Crippen MR) is 57.6 cm³/mol. The molecule has 15 heavy (non-hydrogen) atoms. The van der Waals surface area contributed by atoms with Crippen molar-refractivity contribution < 1.29 is 13.9 Å². The number of rotatable bonds is 2. The molecule has 0 fully saturated rings. The third kappa shape index (κ3) is 2.97. The summed E-state index contributed by atoms with van der Waals surface area (Å²) in [6.07, 6.45) is 0. The van der Waals surface area contributed by atoms with Crippen LogP contribution in [-0.4, -0.2) is 16.7 Å². The van der Waals surface area contributed by atoms with E-state index in [4.69, 9.17) is 34.8 Å². The van der Waals surface area contributed by atoms with E-state index in [1.807, 2.05) is 0 Å². The maximum absolute atomic E-state index is 13.2. The number of carbonyl (C=O) groups excluding carboxylic acids is 1. The summed E-state index contributed by atoms with van der Waals surface area (Å²) in [6, 6.07) is 3.58. The molecule has 0 bridgehead atoms. The minimum atomic E-state index is -2.08. The van der Waals surface area contributed by atoms with Gasteiger partial charge in [0.15, 0.2) is 11.6 Å². The lowest BCUT2D eigenvalue weighted by atomic mass is 10.1. The highest BCUT2D eigenvalue weighted by Gasteiger charge is 2.32. The van der Waals surface area contributed by atoms with Crippen molar-refractivity contribution in [2.75, 3.05) is 7.11 Å². The molecule has 0 heterocycles. The molecule has 0 atom stereocenters. The maximum Gasteiger partial charge on any atom is 0.253 e. The Hall–Kier alpha value is -0.510. The molecule has 0 unspecified atom stereocenters. The fourth-order valence-electron chi connectivity index (χ4n) is 0.971. The first-order valence-electron chi connectivity index (χ1n) is 3.81. The summed E-state index contributed by atoms with van der Waals surface area (Å²) in [4.78, 5) is 11.4. The highest BCUT2D eigenvalue weighted by atomic mass is 35.6. The quantitative estimate of drug-likeness (QED) is 0.609. The summed E-state index contributed by atoms with van der Waals surface area (Å²) in [5.74, 6) is -1.44. The molecule has 1 aromatic carbocycles. The van der Waals surface area contributed by atoms with Crippen LogP contribution in [0.3, 0.4) is 0 Å². The molecule has 0 saturated carbocycles. The zero-order valence-electron chi connectivity index (χ0n) is 7.56. The molecule has 0 spiro atoms. The Kier molecular flexibility index (Phi) is 3.82. The van der Waals surface area contributed by atoms with Crippen molar-refractivity contribution in [3.8, 4) is 5.75 Å². The normalized spacial score (nSPS) is 11.3. The van der Waals surface area contributed by atoms with Crippen molar-refractivity contribution in [2.24, 2.45) is 0 Å². The number of alkyl halides is 3. The largest absolute Gasteiger partial charge is 0.494 e. The van der Waals surface area contributed by atoms with Gasteiger partial charge in [0, 0.05) is 5.56 Å². The number of Topliss-reactive ketones (excluding diaryl/α,β-unsaturated/α-hetero) is 1. The van der Waals surface area contributed by atoms with E-state index < -0.39 is 15.4 Å². The van der Waals surface area contributed by atoms with Crippen LogP contribution in [-0.2, 0) is 0 Å². The van der Waals surface area contributed by atoms with Crippen LogP contribution >= 0.6 is 34.8 Å². The smallest absolute Gasteiger partial charge is 0.253 e. The summed E-state index contributed by atoms with van der Waals surface area (Å²) in [5, 5.41) is 0. The van der Waals surface area contributed by atoms with Gasteiger partial charge in [-0.3, -0.25) is 4.79 Å². The van der Waals surface area contributed by atoms with Crippen molar-refractivity contribution >= 4 is 40.6 Å². The van der Waals surface area contributed by atoms with Gasteiger partial charge in [0.1, 0.15) is 0 Å². The van der Waals surface area contributed by atoms with E-state index in [1.165, 1.54) is 19.2 Å². The van der Waals surface area contributed by atoms with Crippen LogP contribution in [0, 0.1) is 5.82 Å². The average Bonchev–Trinajstić information content (AvgIpc) is 2.15. The highest BCUT2D eigenvalue weighted by Crippen LogP contribution is 2.31. The second-order valence-electron chi connectivity index (χ2n) is 2.68. The Balaban J connectivity index is 3.08. The third-order valence-corrected chi connectivity index (χ3v) is 2.19. The molecule has 0 amide bonds. The highest BCUT2D eigenvalue weighted by molar-refractivity contribution is 6.77. The van der Waals surface area contributed by atoms with E-state index in [-0.39, 0.29) is 11.3 Å². The van der Waals surface area contributed by atoms with Gasteiger partial charge in [-0.15, -0.1) is 0 Å². The van der Waals surface area contributed by atoms with Gasteiger partial charge in [-0.05, 0) is 18.2 Å². The van der Waals surface area contributed by atoms with Crippen LogP contribution < -0.4 is 4.74 Å². The van der Waals surface area contributed by atoms with Gasteiger partial charge < -0.3 is 4.74 Å². The Morgan fingerprint density at radius 3 is 2.40 bits per heavy atom. The van der Waals surface area contributed by atoms with Crippen molar-refractivity contribution in [3.63, 3.8) is 0 Å². The molecule has 1 aromatic rings. The summed E-state index contributed by atoms with van der Waals surface area (Å²) >= 11 is 16.1. The van der Waals surface area contributed by atoms with Crippen molar-refractivity contribution in [2.45, 2.75) is 3.79 Å². The van der Waals surface area contributed by atoms with Crippen molar-refractivity contribution in [3.05, 3.63) is 29.6 Å². The standard InChI is InChI=1S/C9H6Cl3FO2/c1-15-7-3-2-5(4-6(7)13)8(14)9(10,11)12/h2-4H,1H3. The summed E-state index contributed by atoms with van der Waals surface area (Å²) < 4.78 is 15.8. The number of ketones is 1. The first kappa shape index (κ1) is 12.6. The number of methoxy groups -OCH3 is 1. The number of benzene rings is 1. The first-order chi connectivity index (χ1) is 6.86. The molecule has 0 aliphatic rings. The van der Waals surface area contributed by atoms with Crippen LogP contribution in [0.5, 0.6) is 5.75 Å². The molecule has 0 saturated heterocycles. The monoisotopic (exact) mass is 270 g/mol. The van der Waals surface area contributed by atoms with Gasteiger partial charge in [0.05, 0.1) is 7.11 Å². The summed E-state index contributed by atoms with van der Waals surface area (Å²) in [5.41, 5.74) is -0.0201. The lowest BCUT2D eigenvalue weighted by molar-refractivity contribution is 0.0996. The fourth-order valence-corrected chi connectivity index (χ4v) is 1.30. The van der Waals surface area contributed by atoms with Gasteiger partial charge in [-0.25, -0.2) is 4.39 Å². The molecule has 0 N–H and O–H groups in total. The zero-order valence-corrected chi connectivity index (χ0v) is 9.83. The van der Waals surface area contributed by atoms with E-state index in [0.717, 1.165) is 6.07 Å². The Labute approximate surface area is 101 Å². The second-order valence-corrected chi connectivity index (χ2v) is 4.96. The van der Waals surface area contributed by atoms with Gasteiger partial charge in [-0.2, -0.15) is 0 Å². The molecule has 0 aliphatic carbocycles. The number of ether oxygens (including phenoxy) is 1. The van der Waals surface area contributed by atoms with Crippen LogP contribution in [0.4, 0.5) is 4.39 Å². The topological polar surface area (TPSA) is 26.3 Å². The predicted octanol–water partition coefficient (Wildman–Crippen LogP) is 3.39. The lowest BCUT2D eigenvalue weighted by Crippen LogP contribution is -2.19. The van der Waals surface area contributed by atoms with Crippen LogP contribution in [0.2, 0.25) is 0 Å². The molecule has 2 nitrogen and oxygen atoms in total. The summed E-state index contributed by atoms with van der Waals surface area (Å²) in [7, 11) is 1.31. The second kappa shape index (κ2) is 4.56. The molecule has 0 aromatic heterocycles. The summed E-state index contributed by atoms with van der Waals surface area (Å²) in [6.45, 7) is 0. The van der Waals surface area contributed by atoms with Crippen molar-refractivity contribution in [1.82, 2.24) is 0 Å². The van der Waals surface area contributed by atoms with Crippen LogP contribution in [0.1, 0.15) is 10.4 Å². The maximum atomic E-state index is 13.2. The Bertz CT molecular complexity index is 387. The van der Waals surface area contributed by atoms with Gasteiger partial charge >= 0.3 is 0 Å². The van der Waals surface area contributed by atoms with E-state index >= 15 is 0 Å². The van der Waals surface area contributed by atoms with Crippen LogP contribution in [0.15, 0.2) is 18.2 Å². The molecule has 6 heteroatoms. The number of carbonyl (C=O) groups is 1.